The summed E-state index contributed by atoms with van der Waals surface area (Å²) < 4.78 is 0. The smallest absolute Gasteiger partial charge is 0.0619 e. The number of benzene rings is 9. The van der Waals surface area contributed by atoms with E-state index in [1.165, 1.54) is 99.4 Å². The molecule has 0 N–H and O–H groups in total. The van der Waals surface area contributed by atoms with Crippen molar-refractivity contribution >= 4 is 33.7 Å². The maximum atomic E-state index is 2.52. The van der Waals surface area contributed by atoms with Gasteiger partial charge < -0.3 is 0 Å². The van der Waals surface area contributed by atoms with Crippen molar-refractivity contribution in [3.05, 3.63) is 250 Å². The Morgan fingerprint density at radius 1 is 0.278 bits per heavy atom. The zero-order valence-corrected chi connectivity index (χ0v) is 29.6. The Hall–Kier alpha value is -6.76. The topological polar surface area (TPSA) is 0 Å². The van der Waals surface area contributed by atoms with Crippen molar-refractivity contribution in [2.24, 2.45) is 0 Å². The maximum absolute atomic E-state index is 2.52. The predicted molar refractivity (Wildman–Crippen MR) is 225 cm³/mol. The normalized spacial score (nSPS) is 14.9. The van der Waals surface area contributed by atoms with Crippen molar-refractivity contribution in [1.29, 1.82) is 0 Å². The molecule has 9 aromatic rings. The molecule has 0 bridgehead atoms. The van der Waals surface area contributed by atoms with E-state index in [1.807, 2.05) is 0 Å². The standard InChI is InChI=1S/C54H34/c1-2-16-38-36(15-1)34-37(39-17-3-4-18-40(38)39)31-29-35-30-32-51-52(33-35)54(47-25-11-7-21-43(47)44-22-8-12-26-48(44)54)50-28-14-13-27-49(50)53(51)45-23-9-5-19-41(45)42-20-6-10-24-46(42)53/h1-34H. The molecule has 9 aromatic carbocycles. The molecule has 0 nitrogen and oxygen atoms in total. The fourth-order valence-electron chi connectivity index (χ4n) is 10.8. The van der Waals surface area contributed by atoms with Crippen LogP contribution in [0.15, 0.2) is 194 Å². The van der Waals surface area contributed by atoms with Crippen molar-refractivity contribution in [2.45, 2.75) is 10.8 Å². The summed E-state index contributed by atoms with van der Waals surface area (Å²) in [4.78, 5) is 0. The van der Waals surface area contributed by atoms with E-state index in [1.54, 1.807) is 0 Å². The molecule has 0 heterocycles. The van der Waals surface area contributed by atoms with Gasteiger partial charge in [-0.3, -0.25) is 0 Å². The summed E-state index contributed by atoms with van der Waals surface area (Å²) in [6, 6.07) is 73.1. The Labute approximate surface area is 315 Å². The minimum atomic E-state index is -0.490. The number of hydrogen-bond donors (Lipinski definition) is 0. The maximum Gasteiger partial charge on any atom is 0.0720 e. The third-order valence-electron chi connectivity index (χ3n) is 12.7. The van der Waals surface area contributed by atoms with E-state index in [-0.39, 0.29) is 0 Å². The van der Waals surface area contributed by atoms with Gasteiger partial charge in [0.1, 0.15) is 0 Å². The number of hydrogen-bond acceptors (Lipinski definition) is 0. The SMILES string of the molecule is C(=Cc1cc2ccccc2c2ccccc12)c1ccc2c(c1)C1(c3ccccc3-c3ccccc31)c1ccccc1C21c2ccccc2-c2ccccc21. The van der Waals surface area contributed by atoms with Crippen molar-refractivity contribution in [1.82, 2.24) is 0 Å². The van der Waals surface area contributed by atoms with Crippen LogP contribution >= 0.6 is 0 Å². The summed E-state index contributed by atoms with van der Waals surface area (Å²) in [5.74, 6) is 0. The zero-order chi connectivity index (χ0) is 35.4. The highest BCUT2D eigenvalue weighted by Gasteiger charge is 2.58. The van der Waals surface area contributed by atoms with Gasteiger partial charge in [-0.05, 0) is 112 Å². The lowest BCUT2D eigenvalue weighted by Crippen LogP contribution is -2.43. The van der Waals surface area contributed by atoms with E-state index in [2.05, 4.69) is 206 Å². The van der Waals surface area contributed by atoms with Gasteiger partial charge in [-0.2, -0.15) is 0 Å². The molecule has 3 aliphatic carbocycles. The predicted octanol–water partition coefficient (Wildman–Crippen LogP) is 13.2. The molecule has 0 heteroatoms. The van der Waals surface area contributed by atoms with Gasteiger partial charge in [0, 0.05) is 0 Å². The molecule has 2 spiro atoms. The quantitative estimate of drug-likeness (QED) is 0.126. The van der Waals surface area contributed by atoms with Crippen LogP contribution in [0.2, 0.25) is 0 Å². The largest absolute Gasteiger partial charge is 0.0720 e. The highest BCUT2D eigenvalue weighted by molar-refractivity contribution is 6.11. The van der Waals surface area contributed by atoms with E-state index in [4.69, 9.17) is 0 Å². The fourth-order valence-corrected chi connectivity index (χ4v) is 10.8. The minimum Gasteiger partial charge on any atom is -0.0619 e. The second-order valence-electron chi connectivity index (χ2n) is 15.1. The molecule has 0 atom stereocenters. The monoisotopic (exact) mass is 682 g/mol. The van der Waals surface area contributed by atoms with Crippen LogP contribution in [-0.2, 0) is 10.8 Å². The van der Waals surface area contributed by atoms with Gasteiger partial charge in [-0.15, -0.1) is 0 Å². The molecule has 0 fully saturated rings. The van der Waals surface area contributed by atoms with Gasteiger partial charge in [0.2, 0.25) is 0 Å². The van der Waals surface area contributed by atoms with E-state index in [0.29, 0.717) is 0 Å². The first-order chi connectivity index (χ1) is 26.8. The minimum absolute atomic E-state index is 0.465. The highest BCUT2D eigenvalue weighted by Crippen LogP contribution is 2.67. The Morgan fingerprint density at radius 3 is 1.24 bits per heavy atom. The van der Waals surface area contributed by atoms with Crippen LogP contribution < -0.4 is 0 Å². The molecule has 3 aliphatic rings. The molecule has 54 heavy (non-hydrogen) atoms. The van der Waals surface area contributed by atoms with Crippen LogP contribution in [0.4, 0.5) is 0 Å². The average molecular weight is 683 g/mol. The molecule has 0 amide bonds. The summed E-state index contributed by atoms with van der Waals surface area (Å²) in [5, 5.41) is 5.11. The Morgan fingerprint density at radius 2 is 0.685 bits per heavy atom. The summed E-state index contributed by atoms with van der Waals surface area (Å²) >= 11 is 0. The molecule has 0 aliphatic heterocycles. The van der Waals surface area contributed by atoms with E-state index >= 15 is 0 Å². The molecular formula is C54H34. The zero-order valence-electron chi connectivity index (χ0n) is 29.6. The van der Waals surface area contributed by atoms with Crippen molar-refractivity contribution < 1.29 is 0 Å². The van der Waals surface area contributed by atoms with Crippen LogP contribution in [0, 0.1) is 0 Å². The lowest BCUT2D eigenvalue weighted by atomic mass is 9.52. The fraction of sp³-hybridized carbons (Fsp3) is 0.0370. The molecule has 0 saturated carbocycles. The van der Waals surface area contributed by atoms with Gasteiger partial charge in [0.15, 0.2) is 0 Å². The summed E-state index contributed by atoms with van der Waals surface area (Å²) in [5.41, 5.74) is 17.6. The molecular weight excluding hydrogens is 649 g/mol. The van der Waals surface area contributed by atoms with E-state index < -0.39 is 10.8 Å². The summed E-state index contributed by atoms with van der Waals surface area (Å²) in [7, 11) is 0. The molecule has 0 saturated heterocycles. The molecule has 0 aromatic heterocycles. The number of fused-ring (bicyclic) bond motifs is 19. The van der Waals surface area contributed by atoms with Gasteiger partial charge >= 0.3 is 0 Å². The molecule has 0 radical (unpaired) electrons. The third-order valence-corrected chi connectivity index (χ3v) is 12.7. The summed E-state index contributed by atoms with van der Waals surface area (Å²) in [6.07, 6.45) is 4.66. The second kappa shape index (κ2) is 10.9. The van der Waals surface area contributed by atoms with Crippen molar-refractivity contribution in [3.63, 3.8) is 0 Å². The first-order valence-corrected chi connectivity index (χ1v) is 19.0. The van der Waals surface area contributed by atoms with Gasteiger partial charge in [0.25, 0.3) is 0 Å². The van der Waals surface area contributed by atoms with Crippen LogP contribution in [-0.4, -0.2) is 0 Å². The highest BCUT2D eigenvalue weighted by atomic mass is 14.6. The summed E-state index contributed by atoms with van der Waals surface area (Å²) in [6.45, 7) is 0. The van der Waals surface area contributed by atoms with Crippen LogP contribution in [0.5, 0.6) is 0 Å². The average Bonchev–Trinajstić information content (AvgIpc) is 3.71. The van der Waals surface area contributed by atoms with Crippen LogP contribution in [0.3, 0.4) is 0 Å². The van der Waals surface area contributed by atoms with Gasteiger partial charge in [-0.1, -0.05) is 194 Å². The first-order valence-electron chi connectivity index (χ1n) is 19.0. The lowest BCUT2D eigenvalue weighted by molar-refractivity contribution is 0.632. The van der Waals surface area contributed by atoms with Gasteiger partial charge in [0.05, 0.1) is 10.8 Å². The van der Waals surface area contributed by atoms with Crippen LogP contribution in [0.25, 0.3) is 56.0 Å². The number of rotatable bonds is 2. The molecule has 12 rings (SSSR count). The second-order valence-corrected chi connectivity index (χ2v) is 15.1. The third kappa shape index (κ3) is 3.63. The van der Waals surface area contributed by atoms with Crippen LogP contribution in [0.1, 0.15) is 55.6 Å². The van der Waals surface area contributed by atoms with Crippen molar-refractivity contribution in [3.8, 4) is 22.3 Å². The Bertz CT molecular complexity index is 2970. The Kier molecular flexibility index (Phi) is 6.00. The van der Waals surface area contributed by atoms with E-state index in [9.17, 15) is 0 Å². The van der Waals surface area contributed by atoms with E-state index in [0.717, 1.165) is 0 Å². The van der Waals surface area contributed by atoms with Gasteiger partial charge in [-0.25, -0.2) is 0 Å². The first kappa shape index (κ1) is 29.8. The molecule has 0 unspecified atom stereocenters. The lowest BCUT2D eigenvalue weighted by Gasteiger charge is -2.49. The Balaban J connectivity index is 1.19. The van der Waals surface area contributed by atoms with Crippen molar-refractivity contribution in [2.75, 3.05) is 0 Å². The molecule has 250 valence electrons.